The lowest BCUT2D eigenvalue weighted by Crippen LogP contribution is -2.12. The maximum Gasteiger partial charge on any atom is 0.267 e. The maximum absolute atomic E-state index is 11.3. The van der Waals surface area contributed by atoms with E-state index < -0.39 is 15.9 Å². The fourth-order valence-electron chi connectivity index (χ4n) is 0.847. The molecule has 0 aliphatic heterocycles. The molecule has 0 bridgehead atoms. The molecule has 0 aromatic carbocycles. The predicted octanol–water partition coefficient (Wildman–Crippen LogP) is -0.507. The van der Waals surface area contributed by atoms with E-state index in [1.165, 1.54) is 6.92 Å². The van der Waals surface area contributed by atoms with Crippen LogP contribution < -0.4 is 10.5 Å². The first-order chi connectivity index (χ1) is 7.79. The molecule has 1 amide bonds. The zero-order valence-electron chi connectivity index (χ0n) is 8.84. The Morgan fingerprint density at radius 3 is 2.47 bits per heavy atom. The highest BCUT2D eigenvalue weighted by Gasteiger charge is 2.16. The summed E-state index contributed by atoms with van der Waals surface area (Å²) >= 11 is 0.650. The summed E-state index contributed by atoms with van der Waals surface area (Å²) in [5, 5.41) is 13.9. The summed E-state index contributed by atoms with van der Waals surface area (Å²) in [7, 11) is -3.90. The van der Waals surface area contributed by atoms with Crippen LogP contribution in [0, 0.1) is 0 Å². The van der Waals surface area contributed by atoms with Crippen molar-refractivity contribution < 1.29 is 18.0 Å². The molecule has 8 nitrogen and oxygen atoms in total. The Kier molecular flexibility index (Phi) is 4.26. The Bertz CT molecular complexity index is 536. The largest absolute Gasteiger partial charge is 0.300 e. The van der Waals surface area contributed by atoms with Gasteiger partial charge in [0.05, 0.1) is 0 Å². The third-order valence-corrected chi connectivity index (χ3v) is 3.75. The highest BCUT2D eigenvalue weighted by molar-refractivity contribution is 7.91. The number of nitrogens with zero attached hydrogens (tertiary/aromatic N) is 2. The molecule has 0 atom stereocenters. The van der Waals surface area contributed by atoms with Crippen LogP contribution in [0.4, 0.5) is 5.13 Å². The second kappa shape index (κ2) is 5.29. The molecule has 1 rings (SSSR count). The third-order valence-electron chi connectivity index (χ3n) is 1.60. The van der Waals surface area contributed by atoms with Crippen molar-refractivity contribution in [3.05, 3.63) is 0 Å². The molecular formula is C7H10N4O4S2. The van der Waals surface area contributed by atoms with Crippen molar-refractivity contribution in [2.45, 2.75) is 24.1 Å². The molecule has 0 spiro atoms. The van der Waals surface area contributed by atoms with E-state index in [9.17, 15) is 18.0 Å². The molecule has 0 aliphatic carbocycles. The molecule has 0 aliphatic rings. The molecule has 0 saturated heterocycles. The highest BCUT2D eigenvalue weighted by Crippen LogP contribution is 2.18. The molecular weight excluding hydrogens is 268 g/mol. The Morgan fingerprint density at radius 2 is 2.00 bits per heavy atom. The number of Topliss-reactive ketones (excluding diaryl/α,β-unsaturated/α-hetero) is 1. The maximum atomic E-state index is 11.3. The minimum Gasteiger partial charge on any atom is -0.300 e. The topological polar surface area (TPSA) is 132 Å². The normalized spacial score (nSPS) is 11.2. The van der Waals surface area contributed by atoms with Gasteiger partial charge in [0.2, 0.25) is 15.4 Å². The number of sulfonamides is 1. The lowest BCUT2D eigenvalue weighted by Gasteiger charge is -1.97. The van der Waals surface area contributed by atoms with Gasteiger partial charge in [0.1, 0.15) is 5.78 Å². The number of carbonyl (C=O) groups excluding carboxylic acids is 2. The van der Waals surface area contributed by atoms with Crippen LogP contribution in [0.25, 0.3) is 0 Å². The highest BCUT2D eigenvalue weighted by atomic mass is 32.2. The zero-order valence-corrected chi connectivity index (χ0v) is 10.5. The molecule has 0 saturated carbocycles. The van der Waals surface area contributed by atoms with Crippen molar-refractivity contribution >= 4 is 38.2 Å². The monoisotopic (exact) mass is 278 g/mol. The fraction of sp³-hybridized carbons (Fsp3) is 0.429. The summed E-state index contributed by atoms with van der Waals surface area (Å²) in [5.74, 6) is -0.542. The number of hydrogen-bond donors (Lipinski definition) is 2. The number of rotatable bonds is 5. The second-order valence-corrected chi connectivity index (χ2v) is 5.88. The number of nitrogens with two attached hydrogens (primary N) is 1. The molecule has 0 fully saturated rings. The lowest BCUT2D eigenvalue weighted by atomic mass is 10.2. The molecule has 0 radical (unpaired) electrons. The van der Waals surface area contributed by atoms with E-state index in [1.807, 2.05) is 0 Å². The fourth-order valence-corrected chi connectivity index (χ4v) is 2.20. The molecule has 1 aromatic rings. The van der Waals surface area contributed by atoms with Crippen LogP contribution in [-0.2, 0) is 19.6 Å². The van der Waals surface area contributed by atoms with Gasteiger partial charge >= 0.3 is 0 Å². The average molecular weight is 278 g/mol. The van der Waals surface area contributed by atoms with Gasteiger partial charge in [-0.15, -0.1) is 10.2 Å². The Balaban J connectivity index is 2.61. The van der Waals surface area contributed by atoms with E-state index >= 15 is 0 Å². The van der Waals surface area contributed by atoms with Crippen molar-refractivity contribution in [1.82, 2.24) is 10.2 Å². The van der Waals surface area contributed by atoms with E-state index in [-0.39, 0.29) is 28.1 Å². The summed E-state index contributed by atoms with van der Waals surface area (Å²) in [4.78, 5) is 21.9. The number of amides is 1. The number of anilines is 1. The average Bonchev–Trinajstić information content (AvgIpc) is 2.62. The van der Waals surface area contributed by atoms with Gasteiger partial charge in [0.25, 0.3) is 10.0 Å². The van der Waals surface area contributed by atoms with Crippen molar-refractivity contribution in [1.29, 1.82) is 0 Å². The van der Waals surface area contributed by atoms with Crippen LogP contribution in [-0.4, -0.2) is 30.3 Å². The van der Waals surface area contributed by atoms with Crippen molar-refractivity contribution in [3.8, 4) is 0 Å². The first kappa shape index (κ1) is 13.7. The molecule has 0 unspecified atom stereocenters. The molecule has 10 heteroatoms. The van der Waals surface area contributed by atoms with Crippen LogP contribution in [0.5, 0.6) is 0 Å². The van der Waals surface area contributed by atoms with Gasteiger partial charge in [0, 0.05) is 12.8 Å². The first-order valence-electron chi connectivity index (χ1n) is 4.44. The SMILES string of the molecule is CC(=O)CCC(=O)Nc1nnc(S(N)(=O)=O)s1. The van der Waals surface area contributed by atoms with Crippen molar-refractivity contribution in [3.63, 3.8) is 0 Å². The minimum absolute atomic E-state index is 0.0135. The van der Waals surface area contributed by atoms with E-state index in [1.54, 1.807) is 0 Å². The number of ketones is 1. The molecule has 3 N–H and O–H groups in total. The summed E-state index contributed by atoms with van der Waals surface area (Å²) in [6.45, 7) is 1.37. The predicted molar refractivity (Wildman–Crippen MR) is 59.8 cm³/mol. The second-order valence-electron chi connectivity index (χ2n) is 3.17. The van der Waals surface area contributed by atoms with Crippen molar-refractivity contribution in [2.24, 2.45) is 5.14 Å². The van der Waals surface area contributed by atoms with Gasteiger partial charge in [-0.05, 0) is 6.92 Å². The van der Waals surface area contributed by atoms with Gasteiger partial charge in [-0.2, -0.15) is 0 Å². The molecule has 94 valence electrons. The standard InChI is InChI=1S/C7H10N4O4S2/c1-4(12)2-3-5(13)9-6-10-11-7(16-6)17(8,14)15/h2-3H2,1H3,(H2,8,14,15)(H,9,10,13). The van der Waals surface area contributed by atoms with Crippen LogP contribution in [0.1, 0.15) is 19.8 Å². The number of carbonyl (C=O) groups is 2. The lowest BCUT2D eigenvalue weighted by molar-refractivity contribution is -0.121. The van der Waals surface area contributed by atoms with E-state index in [2.05, 4.69) is 15.5 Å². The number of nitrogens with one attached hydrogen (secondary N) is 1. The van der Waals surface area contributed by atoms with Crippen LogP contribution in [0.2, 0.25) is 0 Å². The van der Waals surface area contributed by atoms with Gasteiger partial charge in [-0.3, -0.25) is 4.79 Å². The summed E-state index contributed by atoms with van der Waals surface area (Å²) < 4.78 is 21.4. The van der Waals surface area contributed by atoms with E-state index in [0.717, 1.165) is 0 Å². The number of primary sulfonamides is 1. The van der Waals surface area contributed by atoms with Gasteiger partial charge in [-0.1, -0.05) is 11.3 Å². The first-order valence-corrected chi connectivity index (χ1v) is 6.81. The van der Waals surface area contributed by atoms with Gasteiger partial charge < -0.3 is 10.1 Å². The van der Waals surface area contributed by atoms with Crippen LogP contribution in [0.15, 0.2) is 4.34 Å². The summed E-state index contributed by atoms with van der Waals surface area (Å²) in [5.41, 5.74) is 0. The van der Waals surface area contributed by atoms with Crippen molar-refractivity contribution in [2.75, 3.05) is 5.32 Å². The Morgan fingerprint density at radius 1 is 1.35 bits per heavy atom. The number of aromatic nitrogens is 2. The van der Waals surface area contributed by atoms with E-state index in [4.69, 9.17) is 5.14 Å². The van der Waals surface area contributed by atoms with Gasteiger partial charge in [0.15, 0.2) is 0 Å². The summed E-state index contributed by atoms with van der Waals surface area (Å²) in [6.07, 6.45) is 0.131. The Labute approximate surface area is 101 Å². The zero-order chi connectivity index (χ0) is 13.1. The number of hydrogen-bond acceptors (Lipinski definition) is 7. The smallest absolute Gasteiger partial charge is 0.267 e. The van der Waals surface area contributed by atoms with Gasteiger partial charge in [-0.25, -0.2) is 13.6 Å². The quantitative estimate of drug-likeness (QED) is 0.697. The molecule has 1 heterocycles. The summed E-state index contributed by atoms with van der Waals surface area (Å²) in [6, 6.07) is 0. The molecule has 17 heavy (non-hydrogen) atoms. The van der Waals surface area contributed by atoms with E-state index in [0.29, 0.717) is 11.3 Å². The minimum atomic E-state index is -3.90. The van der Waals surface area contributed by atoms with Crippen LogP contribution >= 0.6 is 11.3 Å². The van der Waals surface area contributed by atoms with Crippen LogP contribution in [0.3, 0.4) is 0 Å². The Hall–Kier alpha value is -1.39. The third kappa shape index (κ3) is 4.54. The molecule has 1 aromatic heterocycles.